The standard InChI is InChI=1S/C19H16ClNO7/c1-26-11-6-8(7-12(27-2)19(11)28-3)21-16-15(20)17(24)13-9(22)4-5-10(23)14(13)18(16)25/h4-7,21-23H,1-3H3. The number of carbonyl (C=O) groups is 2. The molecule has 0 amide bonds. The molecule has 0 radical (unpaired) electrons. The Balaban J connectivity index is 2.11. The number of nitrogens with one attached hydrogen (secondary N) is 1. The third-order valence-electron chi connectivity index (χ3n) is 4.20. The summed E-state index contributed by atoms with van der Waals surface area (Å²) >= 11 is 6.10. The Bertz CT molecular complexity index is 1000. The average molecular weight is 406 g/mol. The second kappa shape index (κ2) is 7.32. The van der Waals surface area contributed by atoms with Crippen molar-refractivity contribution in [2.45, 2.75) is 0 Å². The number of hydrogen-bond acceptors (Lipinski definition) is 8. The molecule has 146 valence electrons. The summed E-state index contributed by atoms with van der Waals surface area (Å²) in [6.45, 7) is 0. The van der Waals surface area contributed by atoms with Gasteiger partial charge in [-0.3, -0.25) is 9.59 Å². The van der Waals surface area contributed by atoms with Crippen LogP contribution in [0.2, 0.25) is 0 Å². The lowest BCUT2D eigenvalue weighted by molar-refractivity contribution is 0.0977. The Kier molecular flexibility index (Phi) is 5.06. The van der Waals surface area contributed by atoms with Crippen LogP contribution in [0.1, 0.15) is 20.7 Å². The molecule has 0 spiro atoms. The lowest BCUT2D eigenvalue weighted by Crippen LogP contribution is -2.24. The molecule has 0 saturated carbocycles. The molecule has 3 N–H and O–H groups in total. The number of aromatic hydroxyl groups is 2. The monoisotopic (exact) mass is 405 g/mol. The first-order chi connectivity index (χ1) is 13.3. The molecule has 0 aliphatic heterocycles. The van der Waals surface area contributed by atoms with Gasteiger partial charge < -0.3 is 29.7 Å². The molecule has 0 unspecified atom stereocenters. The minimum atomic E-state index is -0.792. The second-order valence-corrected chi connectivity index (χ2v) is 6.12. The van der Waals surface area contributed by atoms with E-state index >= 15 is 0 Å². The van der Waals surface area contributed by atoms with Crippen LogP contribution in [0, 0.1) is 0 Å². The van der Waals surface area contributed by atoms with E-state index in [4.69, 9.17) is 25.8 Å². The zero-order valence-electron chi connectivity index (χ0n) is 15.1. The maximum atomic E-state index is 12.9. The zero-order valence-corrected chi connectivity index (χ0v) is 15.9. The maximum absolute atomic E-state index is 12.9. The van der Waals surface area contributed by atoms with Crippen molar-refractivity contribution in [3.63, 3.8) is 0 Å². The molecule has 0 aromatic heterocycles. The molecular weight excluding hydrogens is 390 g/mol. The van der Waals surface area contributed by atoms with Gasteiger partial charge in [-0.05, 0) is 12.1 Å². The van der Waals surface area contributed by atoms with E-state index in [1.807, 2.05) is 0 Å². The number of Topliss-reactive ketones (excluding diaryl/α,β-unsaturated/α-hetero) is 2. The van der Waals surface area contributed by atoms with Crippen molar-refractivity contribution < 1.29 is 34.0 Å². The van der Waals surface area contributed by atoms with Crippen LogP contribution in [0.25, 0.3) is 0 Å². The van der Waals surface area contributed by atoms with Gasteiger partial charge in [0.2, 0.25) is 17.3 Å². The van der Waals surface area contributed by atoms with Crippen LogP contribution >= 0.6 is 11.6 Å². The van der Waals surface area contributed by atoms with Crippen LogP contribution in [-0.4, -0.2) is 43.1 Å². The summed E-state index contributed by atoms with van der Waals surface area (Å²) in [4.78, 5) is 25.4. The van der Waals surface area contributed by atoms with E-state index in [1.165, 1.54) is 33.5 Å². The van der Waals surface area contributed by atoms with Gasteiger partial charge in [0.25, 0.3) is 0 Å². The fourth-order valence-electron chi connectivity index (χ4n) is 2.90. The summed E-state index contributed by atoms with van der Waals surface area (Å²) in [6, 6.07) is 5.28. The normalized spacial score (nSPS) is 13.3. The highest BCUT2D eigenvalue weighted by molar-refractivity contribution is 6.50. The van der Waals surface area contributed by atoms with Gasteiger partial charge >= 0.3 is 0 Å². The van der Waals surface area contributed by atoms with Crippen molar-refractivity contribution in [2.24, 2.45) is 0 Å². The molecule has 0 atom stereocenters. The Morgan fingerprint density at radius 2 is 1.36 bits per heavy atom. The number of allylic oxidation sites excluding steroid dienone is 2. The Morgan fingerprint density at radius 3 is 1.82 bits per heavy atom. The number of phenols is 2. The van der Waals surface area contributed by atoms with E-state index in [2.05, 4.69) is 5.32 Å². The fraction of sp³-hybridized carbons (Fsp3) is 0.158. The third-order valence-corrected chi connectivity index (χ3v) is 4.56. The number of anilines is 1. The van der Waals surface area contributed by atoms with Gasteiger partial charge in [0.15, 0.2) is 11.5 Å². The zero-order chi connectivity index (χ0) is 20.6. The van der Waals surface area contributed by atoms with Crippen molar-refractivity contribution in [2.75, 3.05) is 26.6 Å². The van der Waals surface area contributed by atoms with Gasteiger partial charge in [0, 0.05) is 17.8 Å². The number of carbonyl (C=O) groups excluding carboxylic acids is 2. The van der Waals surface area contributed by atoms with Crippen molar-refractivity contribution in [3.8, 4) is 28.7 Å². The van der Waals surface area contributed by atoms with Crippen LogP contribution in [0.4, 0.5) is 5.69 Å². The highest BCUT2D eigenvalue weighted by Gasteiger charge is 2.36. The molecule has 0 saturated heterocycles. The van der Waals surface area contributed by atoms with E-state index in [1.54, 1.807) is 0 Å². The van der Waals surface area contributed by atoms with Crippen molar-refractivity contribution in [3.05, 3.63) is 46.1 Å². The summed E-state index contributed by atoms with van der Waals surface area (Å²) in [5.74, 6) is -1.46. The molecular formula is C19H16ClNO7. The van der Waals surface area contributed by atoms with Crippen LogP contribution in [-0.2, 0) is 0 Å². The van der Waals surface area contributed by atoms with Crippen LogP contribution in [0.3, 0.4) is 0 Å². The Morgan fingerprint density at radius 1 is 0.857 bits per heavy atom. The number of methoxy groups -OCH3 is 3. The number of rotatable bonds is 5. The second-order valence-electron chi connectivity index (χ2n) is 5.74. The first-order valence-electron chi connectivity index (χ1n) is 7.95. The summed E-state index contributed by atoms with van der Waals surface area (Å²) in [7, 11) is 4.31. The van der Waals surface area contributed by atoms with Gasteiger partial charge in [0.1, 0.15) is 22.2 Å². The van der Waals surface area contributed by atoms with Crippen molar-refractivity contribution in [1.29, 1.82) is 0 Å². The van der Waals surface area contributed by atoms with Crippen LogP contribution < -0.4 is 19.5 Å². The largest absolute Gasteiger partial charge is 0.507 e. The van der Waals surface area contributed by atoms with Crippen molar-refractivity contribution in [1.82, 2.24) is 0 Å². The highest BCUT2D eigenvalue weighted by Crippen LogP contribution is 2.42. The first-order valence-corrected chi connectivity index (χ1v) is 8.32. The maximum Gasteiger partial charge on any atom is 0.215 e. The molecule has 2 aromatic carbocycles. The van der Waals surface area contributed by atoms with E-state index in [0.717, 1.165) is 12.1 Å². The van der Waals surface area contributed by atoms with E-state index in [0.29, 0.717) is 22.9 Å². The van der Waals surface area contributed by atoms with Gasteiger partial charge in [-0.25, -0.2) is 0 Å². The van der Waals surface area contributed by atoms with Gasteiger partial charge in [0.05, 0.1) is 32.5 Å². The predicted molar refractivity (Wildman–Crippen MR) is 101 cm³/mol. The van der Waals surface area contributed by atoms with Gasteiger partial charge in [-0.1, -0.05) is 11.6 Å². The SMILES string of the molecule is COc1cc(NC2=C(Cl)C(=O)c3c(O)ccc(O)c3C2=O)cc(OC)c1OC. The third kappa shape index (κ3) is 2.97. The lowest BCUT2D eigenvalue weighted by atomic mass is 9.90. The van der Waals surface area contributed by atoms with Crippen LogP contribution in [0.5, 0.6) is 28.7 Å². The van der Waals surface area contributed by atoms with Gasteiger partial charge in [-0.2, -0.15) is 0 Å². The molecule has 3 rings (SSSR count). The first kappa shape index (κ1) is 19.4. The minimum Gasteiger partial charge on any atom is -0.507 e. The number of phenolic OH excluding ortho intramolecular Hbond substituents is 2. The molecule has 2 aromatic rings. The quantitative estimate of drug-likeness (QED) is 0.650. The number of halogens is 1. The molecule has 9 heteroatoms. The number of ether oxygens (including phenoxy) is 3. The molecule has 28 heavy (non-hydrogen) atoms. The predicted octanol–water partition coefficient (Wildman–Crippen LogP) is 3.07. The molecule has 0 bridgehead atoms. The number of ketones is 2. The average Bonchev–Trinajstić information content (AvgIpc) is 2.70. The van der Waals surface area contributed by atoms with Crippen molar-refractivity contribution >= 4 is 28.9 Å². The summed E-state index contributed by atoms with van der Waals surface area (Å²) < 4.78 is 15.8. The van der Waals surface area contributed by atoms with Gasteiger partial charge in [-0.15, -0.1) is 0 Å². The van der Waals surface area contributed by atoms with Crippen LogP contribution in [0.15, 0.2) is 35.0 Å². The smallest absolute Gasteiger partial charge is 0.215 e. The number of benzene rings is 2. The molecule has 0 fully saturated rings. The summed E-state index contributed by atoms with van der Waals surface area (Å²) in [5, 5.41) is 22.3. The Labute approximate surface area is 164 Å². The van der Waals surface area contributed by atoms with E-state index < -0.39 is 28.1 Å². The Hall–Kier alpha value is -3.39. The van der Waals surface area contributed by atoms with E-state index in [9.17, 15) is 19.8 Å². The van der Waals surface area contributed by atoms with E-state index in [-0.39, 0.29) is 16.8 Å². The number of fused-ring (bicyclic) bond motifs is 1. The summed E-state index contributed by atoms with van der Waals surface area (Å²) in [5.41, 5.74) is -0.601. The molecule has 1 aliphatic carbocycles. The fourth-order valence-corrected chi connectivity index (χ4v) is 3.13. The molecule has 1 aliphatic rings. The molecule has 8 nitrogen and oxygen atoms in total. The minimum absolute atomic E-state index is 0.255. The topological polar surface area (TPSA) is 114 Å². The lowest BCUT2D eigenvalue weighted by Gasteiger charge is -2.21. The summed E-state index contributed by atoms with van der Waals surface area (Å²) in [6.07, 6.45) is 0. The molecule has 0 heterocycles. The number of hydrogen-bond donors (Lipinski definition) is 3. The highest BCUT2D eigenvalue weighted by atomic mass is 35.5.